The van der Waals surface area contributed by atoms with E-state index in [0.717, 1.165) is 5.75 Å². The lowest BCUT2D eigenvalue weighted by Crippen LogP contribution is -2.40. The van der Waals surface area contributed by atoms with E-state index in [1.165, 1.54) is 16.3 Å². The summed E-state index contributed by atoms with van der Waals surface area (Å²) in [6, 6.07) is 14.2. The van der Waals surface area contributed by atoms with Crippen LogP contribution in [0.5, 0.6) is 0 Å². The minimum atomic E-state index is -2.97. The summed E-state index contributed by atoms with van der Waals surface area (Å²) in [5.41, 5.74) is 1.21. The normalized spacial score (nSPS) is 20.8. The molecule has 2 atom stereocenters. The first-order valence-electron chi connectivity index (χ1n) is 8.04. The number of rotatable bonds is 5. The summed E-state index contributed by atoms with van der Waals surface area (Å²) in [4.78, 5) is 12.3. The third kappa shape index (κ3) is 4.11. The summed E-state index contributed by atoms with van der Waals surface area (Å²) in [6.45, 7) is 1.87. The molecule has 0 radical (unpaired) electrons. The fourth-order valence-corrected chi connectivity index (χ4v) is 5.51. The average Bonchev–Trinajstić information content (AvgIpc) is 2.91. The zero-order valence-corrected chi connectivity index (χ0v) is 15.2. The molecule has 6 heteroatoms. The van der Waals surface area contributed by atoms with Crippen molar-refractivity contribution in [2.45, 2.75) is 30.4 Å². The van der Waals surface area contributed by atoms with Gasteiger partial charge in [-0.25, -0.2) is 8.42 Å². The molecule has 1 N–H and O–H groups in total. The fraction of sp³-hybridized carbons (Fsp3) is 0.389. The number of nitrogens with one attached hydrogen (secondary N) is 1. The lowest BCUT2D eigenvalue weighted by molar-refractivity contribution is -0.120. The molecule has 0 unspecified atom stereocenters. The van der Waals surface area contributed by atoms with Crippen LogP contribution in [0, 0.1) is 0 Å². The predicted molar refractivity (Wildman–Crippen MR) is 99.9 cm³/mol. The van der Waals surface area contributed by atoms with E-state index < -0.39 is 9.84 Å². The Morgan fingerprint density at radius 2 is 2.00 bits per heavy atom. The third-order valence-electron chi connectivity index (χ3n) is 4.32. The Labute approximate surface area is 146 Å². The summed E-state index contributed by atoms with van der Waals surface area (Å²) in [5, 5.41) is 5.06. The molecule has 128 valence electrons. The van der Waals surface area contributed by atoms with E-state index in [1.807, 2.05) is 25.1 Å². The average molecular weight is 364 g/mol. The van der Waals surface area contributed by atoms with Gasteiger partial charge in [0.2, 0.25) is 5.91 Å². The van der Waals surface area contributed by atoms with Gasteiger partial charge in [0.15, 0.2) is 9.84 Å². The first-order chi connectivity index (χ1) is 11.4. The van der Waals surface area contributed by atoms with Crippen molar-refractivity contribution in [1.82, 2.24) is 5.32 Å². The molecule has 2 aromatic rings. The zero-order chi connectivity index (χ0) is 17.2. The van der Waals surface area contributed by atoms with Gasteiger partial charge in [-0.05, 0) is 29.7 Å². The van der Waals surface area contributed by atoms with Crippen molar-refractivity contribution in [3.05, 3.63) is 48.0 Å². The molecule has 1 heterocycles. The van der Waals surface area contributed by atoms with Gasteiger partial charge in [0, 0.05) is 11.8 Å². The van der Waals surface area contributed by atoms with Gasteiger partial charge in [0.1, 0.15) is 0 Å². The Bertz CT molecular complexity index is 843. The largest absolute Gasteiger partial charge is 0.351 e. The van der Waals surface area contributed by atoms with Gasteiger partial charge in [-0.2, -0.15) is 0 Å². The molecule has 1 aliphatic heterocycles. The van der Waals surface area contributed by atoms with Crippen molar-refractivity contribution in [1.29, 1.82) is 0 Å². The maximum absolute atomic E-state index is 12.3. The molecule has 0 spiro atoms. The summed E-state index contributed by atoms with van der Waals surface area (Å²) >= 11 is 1.57. The second-order valence-corrected chi connectivity index (χ2v) is 9.76. The van der Waals surface area contributed by atoms with Crippen LogP contribution in [0.3, 0.4) is 0 Å². The van der Waals surface area contributed by atoms with Crippen LogP contribution in [0.2, 0.25) is 0 Å². The number of sulfone groups is 1. The van der Waals surface area contributed by atoms with Crippen LogP contribution in [0.4, 0.5) is 0 Å². The molecule has 0 aromatic heterocycles. The Morgan fingerprint density at radius 3 is 2.75 bits per heavy atom. The number of fused-ring (bicyclic) bond motifs is 1. The Morgan fingerprint density at radius 1 is 1.25 bits per heavy atom. The summed E-state index contributed by atoms with van der Waals surface area (Å²) < 4.78 is 22.9. The van der Waals surface area contributed by atoms with Crippen LogP contribution in [0.1, 0.15) is 18.9 Å². The van der Waals surface area contributed by atoms with Crippen LogP contribution in [0.25, 0.3) is 10.8 Å². The minimum absolute atomic E-state index is 0.0689. The second-order valence-electron chi connectivity index (χ2n) is 6.20. The molecule has 4 nitrogen and oxygen atoms in total. The highest BCUT2D eigenvalue weighted by Crippen LogP contribution is 2.25. The SMILES string of the molecule is C[C@H](SCc1cccc2ccccc12)C(=O)N[C@H]1CCS(=O)(=O)C1. The third-order valence-corrected chi connectivity index (χ3v) is 7.28. The topological polar surface area (TPSA) is 63.2 Å². The molecular formula is C18H21NO3S2. The monoisotopic (exact) mass is 363 g/mol. The summed E-state index contributed by atoms with van der Waals surface area (Å²) in [5.74, 6) is 0.913. The van der Waals surface area contributed by atoms with Crippen molar-refractivity contribution in [2.75, 3.05) is 11.5 Å². The molecule has 0 bridgehead atoms. The number of carbonyl (C=O) groups excluding carboxylic acids is 1. The van der Waals surface area contributed by atoms with E-state index in [2.05, 4.69) is 29.6 Å². The van der Waals surface area contributed by atoms with E-state index in [-0.39, 0.29) is 28.7 Å². The Kier molecular flexibility index (Phi) is 5.15. The maximum Gasteiger partial charge on any atom is 0.233 e. The summed E-state index contributed by atoms with van der Waals surface area (Å²) in [7, 11) is -2.97. The smallest absolute Gasteiger partial charge is 0.233 e. The number of hydrogen-bond acceptors (Lipinski definition) is 4. The van der Waals surface area contributed by atoms with Crippen molar-refractivity contribution in [2.24, 2.45) is 0 Å². The van der Waals surface area contributed by atoms with Crippen molar-refractivity contribution in [3.63, 3.8) is 0 Å². The van der Waals surface area contributed by atoms with E-state index >= 15 is 0 Å². The van der Waals surface area contributed by atoms with E-state index in [4.69, 9.17) is 0 Å². The van der Waals surface area contributed by atoms with Crippen LogP contribution in [0.15, 0.2) is 42.5 Å². The molecular weight excluding hydrogens is 342 g/mol. The lowest BCUT2D eigenvalue weighted by Gasteiger charge is -2.16. The van der Waals surface area contributed by atoms with Crippen LogP contribution in [-0.4, -0.2) is 37.1 Å². The van der Waals surface area contributed by atoms with Gasteiger partial charge in [-0.15, -0.1) is 11.8 Å². The lowest BCUT2D eigenvalue weighted by atomic mass is 10.1. The van der Waals surface area contributed by atoms with Gasteiger partial charge < -0.3 is 5.32 Å². The van der Waals surface area contributed by atoms with Gasteiger partial charge in [0.25, 0.3) is 0 Å². The Hall–Kier alpha value is -1.53. The highest BCUT2D eigenvalue weighted by Gasteiger charge is 2.29. The molecule has 24 heavy (non-hydrogen) atoms. The molecule has 2 aromatic carbocycles. The predicted octanol–water partition coefficient (Wildman–Crippen LogP) is 2.76. The highest BCUT2D eigenvalue weighted by molar-refractivity contribution is 7.99. The van der Waals surface area contributed by atoms with Gasteiger partial charge >= 0.3 is 0 Å². The second kappa shape index (κ2) is 7.15. The number of carbonyl (C=O) groups is 1. The molecule has 3 rings (SSSR count). The zero-order valence-electron chi connectivity index (χ0n) is 13.6. The van der Waals surface area contributed by atoms with Gasteiger partial charge in [-0.3, -0.25) is 4.79 Å². The Balaban J connectivity index is 1.58. The number of benzene rings is 2. The van der Waals surface area contributed by atoms with Crippen LogP contribution >= 0.6 is 11.8 Å². The van der Waals surface area contributed by atoms with Crippen LogP contribution < -0.4 is 5.32 Å². The molecule has 1 saturated heterocycles. The quantitative estimate of drug-likeness (QED) is 0.887. The fourth-order valence-electron chi connectivity index (χ4n) is 2.94. The minimum Gasteiger partial charge on any atom is -0.351 e. The van der Waals surface area contributed by atoms with Gasteiger partial charge in [0.05, 0.1) is 16.8 Å². The molecule has 1 amide bonds. The van der Waals surface area contributed by atoms with E-state index in [1.54, 1.807) is 11.8 Å². The standard InChI is InChI=1S/C18H21NO3S2/c1-13(18(20)19-16-9-10-24(21,22)12-16)23-11-15-7-4-6-14-5-2-3-8-17(14)15/h2-8,13,16H,9-12H2,1H3,(H,19,20)/t13-,16-/m0/s1. The molecule has 1 aliphatic rings. The highest BCUT2D eigenvalue weighted by atomic mass is 32.2. The first kappa shape index (κ1) is 17.3. The van der Waals surface area contributed by atoms with Crippen LogP contribution in [-0.2, 0) is 20.4 Å². The van der Waals surface area contributed by atoms with Crippen molar-refractivity contribution >= 4 is 38.3 Å². The molecule has 1 fully saturated rings. The molecule has 0 aliphatic carbocycles. The number of hydrogen-bond donors (Lipinski definition) is 1. The van der Waals surface area contributed by atoms with E-state index in [9.17, 15) is 13.2 Å². The van der Waals surface area contributed by atoms with E-state index in [0.29, 0.717) is 6.42 Å². The van der Waals surface area contributed by atoms with Gasteiger partial charge in [-0.1, -0.05) is 42.5 Å². The number of amides is 1. The summed E-state index contributed by atoms with van der Waals surface area (Å²) in [6.07, 6.45) is 0.523. The first-order valence-corrected chi connectivity index (χ1v) is 10.9. The van der Waals surface area contributed by atoms with Crippen molar-refractivity contribution < 1.29 is 13.2 Å². The van der Waals surface area contributed by atoms with Crippen molar-refractivity contribution in [3.8, 4) is 0 Å². The molecule has 0 saturated carbocycles. The maximum atomic E-state index is 12.3. The number of thioether (sulfide) groups is 1.